The Morgan fingerprint density at radius 3 is 2.26 bits per heavy atom. The first kappa shape index (κ1) is 24.5. The molecule has 0 saturated heterocycles. The first-order valence-corrected chi connectivity index (χ1v) is 10.1. The Labute approximate surface area is 184 Å². The van der Waals surface area contributed by atoms with Gasteiger partial charge in [-0.15, -0.1) is 6.58 Å². The average Bonchev–Trinajstić information content (AvgIpc) is 2.77. The summed E-state index contributed by atoms with van der Waals surface area (Å²) in [4.78, 5) is 25.2. The third-order valence-corrected chi connectivity index (χ3v) is 5.96. The minimum absolute atomic E-state index is 0.0437. The molecule has 1 aliphatic rings. The van der Waals surface area contributed by atoms with Crippen LogP contribution in [0.4, 0.5) is 0 Å². The van der Waals surface area contributed by atoms with Gasteiger partial charge in [-0.25, -0.2) is 0 Å². The third-order valence-electron chi connectivity index (χ3n) is 5.96. The van der Waals surface area contributed by atoms with Gasteiger partial charge in [-0.1, -0.05) is 19.1 Å². The number of ether oxygens (including phenoxy) is 5. The first-order chi connectivity index (χ1) is 14.8. The number of benzene rings is 1. The van der Waals surface area contributed by atoms with Crippen LogP contribution in [0.1, 0.15) is 38.4 Å². The van der Waals surface area contributed by atoms with Crippen LogP contribution in [0, 0.1) is 11.3 Å². The summed E-state index contributed by atoms with van der Waals surface area (Å²) in [6.45, 7) is 7.11. The molecule has 0 amide bonds. The van der Waals surface area contributed by atoms with Crippen LogP contribution in [-0.2, 0) is 19.1 Å². The molecular weight excluding hydrogens is 400 g/mol. The van der Waals surface area contributed by atoms with Gasteiger partial charge in [-0.05, 0) is 31.1 Å². The number of hydrogen-bond acceptors (Lipinski definition) is 7. The number of hydrogen-bond donors (Lipinski definition) is 0. The van der Waals surface area contributed by atoms with Crippen LogP contribution in [0.15, 0.2) is 36.9 Å². The molecule has 0 spiro atoms. The summed E-state index contributed by atoms with van der Waals surface area (Å²) in [5, 5.41) is 0. The number of carbonyl (C=O) groups excluding carboxylic acids is 2. The maximum atomic E-state index is 13.2. The largest absolute Gasteiger partial charge is 0.493 e. The van der Waals surface area contributed by atoms with Gasteiger partial charge in [0.15, 0.2) is 17.3 Å². The van der Waals surface area contributed by atoms with Gasteiger partial charge in [0, 0.05) is 30.9 Å². The molecular formula is C24H32O7. The Balaban J connectivity index is 2.64. The number of esters is 1. The van der Waals surface area contributed by atoms with E-state index in [2.05, 4.69) is 6.58 Å². The monoisotopic (exact) mass is 432 g/mol. The molecule has 7 heteroatoms. The van der Waals surface area contributed by atoms with Gasteiger partial charge in [-0.3, -0.25) is 9.59 Å². The lowest BCUT2D eigenvalue weighted by molar-refractivity contribution is -0.156. The molecule has 0 fully saturated rings. The van der Waals surface area contributed by atoms with Crippen LogP contribution in [0.25, 0.3) is 0 Å². The Kier molecular flexibility index (Phi) is 8.28. The SMILES string of the molecule is C=CC[C@]1([C@H](C)[C@@H](OC(C)=O)c2cc(OC)c(OC)c(OC)c2)C[C@@H](OC)C=CC1=O. The van der Waals surface area contributed by atoms with Crippen LogP contribution in [0.2, 0.25) is 0 Å². The predicted molar refractivity (Wildman–Crippen MR) is 117 cm³/mol. The first-order valence-electron chi connectivity index (χ1n) is 10.1. The van der Waals surface area contributed by atoms with Gasteiger partial charge in [-0.2, -0.15) is 0 Å². The fourth-order valence-electron chi connectivity index (χ4n) is 4.28. The zero-order valence-electron chi connectivity index (χ0n) is 19.1. The van der Waals surface area contributed by atoms with Crippen molar-refractivity contribution in [2.45, 2.75) is 38.9 Å². The minimum Gasteiger partial charge on any atom is -0.493 e. The van der Waals surface area contributed by atoms with Crippen molar-refractivity contribution < 1.29 is 33.3 Å². The maximum Gasteiger partial charge on any atom is 0.303 e. The van der Waals surface area contributed by atoms with Crippen LogP contribution < -0.4 is 14.2 Å². The molecule has 0 heterocycles. The summed E-state index contributed by atoms with van der Waals surface area (Å²) in [5.74, 6) is 0.402. The summed E-state index contributed by atoms with van der Waals surface area (Å²) in [5.41, 5.74) is -0.213. The molecule has 0 radical (unpaired) electrons. The van der Waals surface area contributed by atoms with Gasteiger partial charge in [0.05, 0.1) is 27.4 Å². The van der Waals surface area contributed by atoms with Gasteiger partial charge in [0.1, 0.15) is 6.10 Å². The van der Waals surface area contributed by atoms with E-state index >= 15 is 0 Å². The molecule has 1 aromatic rings. The van der Waals surface area contributed by atoms with Gasteiger partial charge in [0.2, 0.25) is 5.75 Å². The maximum absolute atomic E-state index is 13.2. The van der Waals surface area contributed by atoms with E-state index < -0.39 is 23.4 Å². The van der Waals surface area contributed by atoms with E-state index in [0.717, 1.165) is 0 Å². The third kappa shape index (κ3) is 4.93. The molecule has 0 saturated carbocycles. The van der Waals surface area contributed by atoms with E-state index in [4.69, 9.17) is 23.7 Å². The molecule has 0 aliphatic heterocycles. The van der Waals surface area contributed by atoms with Crippen molar-refractivity contribution in [3.63, 3.8) is 0 Å². The molecule has 2 rings (SSSR count). The lowest BCUT2D eigenvalue weighted by Gasteiger charge is -2.43. The standard InChI is InChI=1S/C24H32O7/c1-8-11-24(14-18(27-4)9-10-21(24)26)15(2)22(31-16(3)25)17-12-19(28-5)23(30-7)20(13-17)29-6/h8-10,12-13,15,18,22H,1,11,14H2,2-7H3/t15-,18+,22-,24-/m1/s1. The summed E-state index contributed by atoms with van der Waals surface area (Å²) < 4.78 is 27.6. The molecule has 0 unspecified atom stereocenters. The molecule has 0 aromatic heterocycles. The lowest BCUT2D eigenvalue weighted by atomic mass is 9.62. The topological polar surface area (TPSA) is 80.3 Å². The molecule has 0 bridgehead atoms. The molecule has 4 atom stereocenters. The van der Waals surface area contributed by atoms with Crippen LogP contribution >= 0.6 is 0 Å². The van der Waals surface area contributed by atoms with Crippen molar-refractivity contribution in [2.24, 2.45) is 11.3 Å². The van der Waals surface area contributed by atoms with E-state index in [0.29, 0.717) is 35.7 Å². The van der Waals surface area contributed by atoms with Gasteiger partial charge < -0.3 is 23.7 Å². The van der Waals surface area contributed by atoms with Crippen molar-refractivity contribution in [2.75, 3.05) is 28.4 Å². The highest BCUT2D eigenvalue weighted by atomic mass is 16.5. The van der Waals surface area contributed by atoms with Crippen LogP contribution in [-0.4, -0.2) is 46.3 Å². The molecule has 31 heavy (non-hydrogen) atoms. The van der Waals surface area contributed by atoms with Crippen molar-refractivity contribution in [1.82, 2.24) is 0 Å². The minimum atomic E-state index is -0.850. The fraction of sp³-hybridized carbons (Fsp3) is 0.500. The van der Waals surface area contributed by atoms with Crippen LogP contribution in [0.3, 0.4) is 0 Å². The van der Waals surface area contributed by atoms with E-state index in [1.54, 1.807) is 37.5 Å². The normalized spacial score (nSPS) is 22.4. The number of methoxy groups -OCH3 is 4. The second kappa shape index (κ2) is 10.5. The number of rotatable bonds is 10. The number of carbonyl (C=O) groups is 2. The summed E-state index contributed by atoms with van der Waals surface area (Å²) >= 11 is 0. The second-order valence-electron chi connectivity index (χ2n) is 7.63. The fourth-order valence-corrected chi connectivity index (χ4v) is 4.28. The molecule has 170 valence electrons. The van der Waals surface area contributed by atoms with Gasteiger partial charge in [0.25, 0.3) is 0 Å². The van der Waals surface area contributed by atoms with Crippen molar-refractivity contribution in [3.05, 3.63) is 42.5 Å². The van der Waals surface area contributed by atoms with E-state index in [1.165, 1.54) is 28.3 Å². The highest BCUT2D eigenvalue weighted by Gasteiger charge is 2.49. The Morgan fingerprint density at radius 2 is 1.81 bits per heavy atom. The molecule has 1 aliphatic carbocycles. The molecule has 0 N–H and O–H groups in total. The Hall–Kier alpha value is -2.80. The van der Waals surface area contributed by atoms with Gasteiger partial charge >= 0.3 is 5.97 Å². The second-order valence-corrected chi connectivity index (χ2v) is 7.63. The van der Waals surface area contributed by atoms with E-state index in [1.807, 2.05) is 6.92 Å². The quantitative estimate of drug-likeness (QED) is 0.407. The Morgan fingerprint density at radius 1 is 1.19 bits per heavy atom. The zero-order valence-corrected chi connectivity index (χ0v) is 19.1. The summed E-state index contributed by atoms with van der Waals surface area (Å²) in [7, 11) is 6.16. The lowest BCUT2D eigenvalue weighted by Crippen LogP contribution is -2.45. The highest BCUT2D eigenvalue weighted by Crippen LogP contribution is 2.50. The number of ketones is 1. The molecule has 7 nitrogen and oxygen atoms in total. The zero-order chi connectivity index (χ0) is 23.2. The van der Waals surface area contributed by atoms with Crippen molar-refractivity contribution >= 4 is 11.8 Å². The van der Waals surface area contributed by atoms with E-state index in [-0.39, 0.29) is 11.9 Å². The summed E-state index contributed by atoms with van der Waals surface area (Å²) in [6, 6.07) is 3.48. The Bertz CT molecular complexity index is 819. The van der Waals surface area contributed by atoms with E-state index in [9.17, 15) is 9.59 Å². The van der Waals surface area contributed by atoms with Crippen molar-refractivity contribution in [1.29, 1.82) is 0 Å². The number of allylic oxidation sites excluding steroid dienone is 2. The van der Waals surface area contributed by atoms with Crippen LogP contribution in [0.5, 0.6) is 17.2 Å². The summed E-state index contributed by atoms with van der Waals surface area (Å²) in [6.07, 6.45) is 4.94. The smallest absolute Gasteiger partial charge is 0.303 e. The molecule has 1 aromatic carbocycles. The predicted octanol–water partition coefficient (Wildman–Crippen LogP) is 4.06. The average molecular weight is 433 g/mol. The van der Waals surface area contributed by atoms with Crippen molar-refractivity contribution in [3.8, 4) is 17.2 Å². The highest BCUT2D eigenvalue weighted by molar-refractivity contribution is 5.96.